The van der Waals surface area contributed by atoms with E-state index in [-0.39, 0.29) is 5.91 Å². The fourth-order valence-electron chi connectivity index (χ4n) is 2.35. The fourth-order valence-corrected chi connectivity index (χ4v) is 2.35. The van der Waals surface area contributed by atoms with Gasteiger partial charge in [-0.05, 0) is 18.7 Å². The average Bonchev–Trinajstić information content (AvgIpc) is 2.98. The predicted molar refractivity (Wildman–Crippen MR) is 93.2 cm³/mol. The molecule has 1 aromatic carbocycles. The van der Waals surface area contributed by atoms with Crippen LogP contribution < -0.4 is 10.6 Å². The molecule has 3 N–H and O–H groups in total. The zero-order valence-electron chi connectivity index (χ0n) is 12.8. The number of pyridine rings is 1. The van der Waals surface area contributed by atoms with Gasteiger partial charge in [0.1, 0.15) is 5.65 Å². The van der Waals surface area contributed by atoms with Crippen molar-refractivity contribution in [1.82, 2.24) is 15.3 Å². The van der Waals surface area contributed by atoms with E-state index in [1.54, 1.807) is 12.3 Å². The predicted octanol–water partition coefficient (Wildman–Crippen LogP) is 2.94. The van der Waals surface area contributed by atoms with E-state index in [1.165, 1.54) is 6.08 Å². The summed E-state index contributed by atoms with van der Waals surface area (Å²) >= 11 is 0. The van der Waals surface area contributed by atoms with Gasteiger partial charge in [0.2, 0.25) is 5.91 Å². The first-order valence-corrected chi connectivity index (χ1v) is 7.42. The average molecular weight is 306 g/mol. The van der Waals surface area contributed by atoms with Gasteiger partial charge >= 0.3 is 0 Å². The lowest BCUT2D eigenvalue weighted by molar-refractivity contribution is -0.111. The summed E-state index contributed by atoms with van der Waals surface area (Å²) in [5, 5.41) is 6.72. The first-order chi connectivity index (χ1) is 11.3. The molecule has 0 aliphatic rings. The molecule has 5 heteroatoms. The van der Waals surface area contributed by atoms with Crippen LogP contribution in [-0.2, 0) is 4.79 Å². The van der Waals surface area contributed by atoms with Gasteiger partial charge in [0, 0.05) is 36.0 Å². The van der Waals surface area contributed by atoms with Crippen molar-refractivity contribution >= 4 is 22.6 Å². The number of H-pyrrole nitrogens is 1. The third-order valence-electron chi connectivity index (χ3n) is 3.49. The normalized spacial score (nSPS) is 11.2. The molecule has 0 unspecified atom stereocenters. The molecule has 116 valence electrons. The van der Waals surface area contributed by atoms with Crippen LogP contribution in [0.2, 0.25) is 0 Å². The Hall–Kier alpha value is -2.92. The smallest absolute Gasteiger partial charge is 0.248 e. The third-order valence-corrected chi connectivity index (χ3v) is 3.49. The van der Waals surface area contributed by atoms with Crippen LogP contribution in [0.5, 0.6) is 0 Å². The summed E-state index contributed by atoms with van der Waals surface area (Å²) in [5.41, 5.74) is 3.58. The minimum absolute atomic E-state index is 0.161. The standard InChI is InChI=1S/C18H18N4O/c1-19-9-5-8-17(23)22-16-12-21-18-15(16)10-14(11-20-18)13-6-3-2-4-7-13/h2-8,10-12,19H,9H2,1H3,(H,20,21)(H,22,23)/b8-5+. The minimum Gasteiger partial charge on any atom is -0.344 e. The van der Waals surface area contributed by atoms with Crippen LogP contribution in [0.3, 0.4) is 0 Å². The molecule has 3 rings (SSSR count). The molecule has 3 aromatic rings. The molecular weight excluding hydrogens is 288 g/mol. The zero-order chi connectivity index (χ0) is 16.1. The number of anilines is 1. The maximum Gasteiger partial charge on any atom is 0.248 e. The Kier molecular flexibility index (Phi) is 4.49. The Morgan fingerprint density at radius 2 is 2.09 bits per heavy atom. The molecule has 2 heterocycles. The number of hydrogen-bond acceptors (Lipinski definition) is 3. The number of carbonyl (C=O) groups is 1. The van der Waals surface area contributed by atoms with E-state index in [0.29, 0.717) is 6.54 Å². The van der Waals surface area contributed by atoms with E-state index in [1.807, 2.05) is 49.6 Å². The molecule has 5 nitrogen and oxygen atoms in total. The van der Waals surface area contributed by atoms with E-state index < -0.39 is 0 Å². The number of benzene rings is 1. The van der Waals surface area contributed by atoms with Gasteiger partial charge in [-0.25, -0.2) is 4.98 Å². The van der Waals surface area contributed by atoms with Crippen LogP contribution in [0.1, 0.15) is 0 Å². The van der Waals surface area contributed by atoms with Crippen molar-refractivity contribution in [1.29, 1.82) is 0 Å². The quantitative estimate of drug-likeness (QED) is 0.635. The van der Waals surface area contributed by atoms with Crippen LogP contribution in [0.15, 0.2) is 60.9 Å². The fraction of sp³-hybridized carbons (Fsp3) is 0.111. The number of amides is 1. The molecule has 0 spiro atoms. The molecule has 2 aromatic heterocycles. The van der Waals surface area contributed by atoms with Crippen LogP contribution >= 0.6 is 0 Å². The molecular formula is C18H18N4O. The summed E-state index contributed by atoms with van der Waals surface area (Å²) in [4.78, 5) is 19.4. The van der Waals surface area contributed by atoms with Crippen molar-refractivity contribution in [2.24, 2.45) is 0 Å². The van der Waals surface area contributed by atoms with Crippen molar-refractivity contribution in [3.05, 3.63) is 60.9 Å². The van der Waals surface area contributed by atoms with Gasteiger partial charge in [0.15, 0.2) is 0 Å². The van der Waals surface area contributed by atoms with E-state index in [0.717, 1.165) is 27.8 Å². The molecule has 0 saturated heterocycles. The second-order valence-corrected chi connectivity index (χ2v) is 5.14. The SMILES string of the molecule is CNC/C=C/C(=O)Nc1c[nH]c2ncc(-c3ccccc3)cc12. The summed E-state index contributed by atoms with van der Waals surface area (Å²) in [6.07, 6.45) is 6.88. The molecule has 0 bridgehead atoms. The number of aromatic amines is 1. The number of likely N-dealkylation sites (N-methyl/N-ethyl adjacent to an activating group) is 1. The maximum absolute atomic E-state index is 11.9. The Labute approximate surface area is 134 Å². The summed E-state index contributed by atoms with van der Waals surface area (Å²) < 4.78 is 0. The van der Waals surface area contributed by atoms with Crippen LogP contribution in [-0.4, -0.2) is 29.5 Å². The van der Waals surface area contributed by atoms with Crippen LogP contribution in [0.4, 0.5) is 5.69 Å². The largest absolute Gasteiger partial charge is 0.344 e. The second-order valence-electron chi connectivity index (χ2n) is 5.14. The van der Waals surface area contributed by atoms with Crippen LogP contribution in [0, 0.1) is 0 Å². The lowest BCUT2D eigenvalue weighted by atomic mass is 10.1. The highest BCUT2D eigenvalue weighted by Crippen LogP contribution is 2.27. The van der Waals surface area contributed by atoms with Gasteiger partial charge in [-0.3, -0.25) is 4.79 Å². The molecule has 0 fully saturated rings. The third kappa shape index (κ3) is 3.46. The molecule has 0 aliphatic carbocycles. The molecule has 0 saturated carbocycles. The number of hydrogen-bond donors (Lipinski definition) is 3. The van der Waals surface area contributed by atoms with Gasteiger partial charge in [-0.1, -0.05) is 36.4 Å². The Morgan fingerprint density at radius 3 is 2.87 bits per heavy atom. The molecule has 1 amide bonds. The summed E-state index contributed by atoms with van der Waals surface area (Å²) in [5.74, 6) is -0.161. The number of nitrogens with one attached hydrogen (secondary N) is 3. The van der Waals surface area contributed by atoms with Gasteiger partial charge < -0.3 is 15.6 Å². The number of nitrogens with zero attached hydrogens (tertiary/aromatic N) is 1. The van der Waals surface area contributed by atoms with E-state index >= 15 is 0 Å². The highest BCUT2D eigenvalue weighted by atomic mass is 16.1. The van der Waals surface area contributed by atoms with Gasteiger partial charge in [0.05, 0.1) is 5.69 Å². The number of aromatic nitrogens is 2. The monoisotopic (exact) mass is 306 g/mol. The molecule has 0 atom stereocenters. The Balaban J connectivity index is 1.88. The zero-order valence-corrected chi connectivity index (χ0v) is 12.8. The summed E-state index contributed by atoms with van der Waals surface area (Å²) in [7, 11) is 1.83. The highest BCUT2D eigenvalue weighted by molar-refractivity contribution is 6.05. The molecule has 0 aliphatic heterocycles. The summed E-state index contributed by atoms with van der Waals surface area (Å²) in [6.45, 7) is 0.654. The Bertz CT molecular complexity index is 837. The van der Waals surface area contributed by atoms with Crippen molar-refractivity contribution in [2.75, 3.05) is 18.9 Å². The topological polar surface area (TPSA) is 69.8 Å². The van der Waals surface area contributed by atoms with Crippen LogP contribution in [0.25, 0.3) is 22.2 Å². The first kappa shape index (κ1) is 15.0. The van der Waals surface area contributed by atoms with Crippen molar-refractivity contribution in [2.45, 2.75) is 0 Å². The number of carbonyl (C=O) groups excluding carboxylic acids is 1. The number of fused-ring (bicyclic) bond motifs is 1. The van der Waals surface area contributed by atoms with E-state index in [9.17, 15) is 4.79 Å². The van der Waals surface area contributed by atoms with Gasteiger partial charge in [0.25, 0.3) is 0 Å². The Morgan fingerprint density at radius 1 is 1.26 bits per heavy atom. The number of rotatable bonds is 5. The first-order valence-electron chi connectivity index (χ1n) is 7.42. The summed E-state index contributed by atoms with van der Waals surface area (Å²) in [6, 6.07) is 12.1. The molecule has 0 radical (unpaired) electrons. The van der Waals surface area contributed by atoms with E-state index in [2.05, 4.69) is 20.6 Å². The lowest BCUT2D eigenvalue weighted by Crippen LogP contribution is -2.10. The van der Waals surface area contributed by atoms with Crippen molar-refractivity contribution < 1.29 is 4.79 Å². The maximum atomic E-state index is 11.9. The van der Waals surface area contributed by atoms with Crippen molar-refractivity contribution in [3.63, 3.8) is 0 Å². The van der Waals surface area contributed by atoms with Gasteiger partial charge in [-0.15, -0.1) is 0 Å². The highest BCUT2D eigenvalue weighted by Gasteiger charge is 2.08. The lowest BCUT2D eigenvalue weighted by Gasteiger charge is -2.03. The van der Waals surface area contributed by atoms with Gasteiger partial charge in [-0.2, -0.15) is 0 Å². The molecule has 23 heavy (non-hydrogen) atoms. The second kappa shape index (κ2) is 6.89. The van der Waals surface area contributed by atoms with E-state index in [4.69, 9.17) is 0 Å². The van der Waals surface area contributed by atoms with Crippen molar-refractivity contribution in [3.8, 4) is 11.1 Å². The minimum atomic E-state index is -0.161.